The molecule has 0 aliphatic carbocycles. The second-order valence-electron chi connectivity index (χ2n) is 5.05. The number of rotatable bonds is 5. The van der Waals surface area contributed by atoms with E-state index in [-0.39, 0.29) is 13.2 Å². The number of carbonyl (C=O) groups excluding carboxylic acids is 1. The molecule has 0 saturated heterocycles. The Labute approximate surface area is 122 Å². The Hall–Kier alpha value is -1.19. The Bertz CT molecular complexity index is 560. The van der Waals surface area contributed by atoms with Gasteiger partial charge in [-0.05, 0) is 20.8 Å². The van der Waals surface area contributed by atoms with Crippen LogP contribution in [0.5, 0.6) is 0 Å². The van der Waals surface area contributed by atoms with Gasteiger partial charge in [-0.25, -0.2) is 9.78 Å². The summed E-state index contributed by atoms with van der Waals surface area (Å²) in [4.78, 5) is 15.6. The maximum atomic E-state index is 11.4. The van der Waals surface area contributed by atoms with E-state index >= 15 is 0 Å². The van der Waals surface area contributed by atoms with Crippen LogP contribution in [0.2, 0.25) is 0 Å². The van der Waals surface area contributed by atoms with E-state index < -0.39 is 21.8 Å². The van der Waals surface area contributed by atoms with E-state index in [1.54, 1.807) is 26.2 Å². The normalized spacial score (nSPS) is 12.2. The molecule has 7 nitrogen and oxygen atoms in total. The van der Waals surface area contributed by atoms with Crippen LogP contribution in [0.3, 0.4) is 0 Å². The molecule has 0 aliphatic heterocycles. The second-order valence-corrected chi connectivity index (χ2v) is 7.64. The van der Waals surface area contributed by atoms with Gasteiger partial charge in [0, 0.05) is 5.38 Å². The molecule has 1 heterocycles. The van der Waals surface area contributed by atoms with Crippen LogP contribution in [0.25, 0.3) is 0 Å². The van der Waals surface area contributed by atoms with Gasteiger partial charge in [0.05, 0.1) is 18.5 Å². The second kappa shape index (κ2) is 6.51. The van der Waals surface area contributed by atoms with Crippen molar-refractivity contribution in [3.05, 3.63) is 16.1 Å². The molecule has 0 saturated carbocycles. The summed E-state index contributed by atoms with van der Waals surface area (Å²) in [6, 6.07) is 0. The number of aromatic nitrogens is 1. The summed E-state index contributed by atoms with van der Waals surface area (Å²) in [5, 5.41) is 4.89. The van der Waals surface area contributed by atoms with Gasteiger partial charge in [0.1, 0.15) is 17.2 Å². The van der Waals surface area contributed by atoms with Crippen LogP contribution >= 0.6 is 11.3 Å². The molecule has 114 valence electrons. The molecule has 1 N–H and O–H groups in total. The van der Waals surface area contributed by atoms with E-state index in [0.717, 1.165) is 6.26 Å². The molecule has 9 heteroatoms. The molecule has 0 unspecified atom stereocenters. The number of carbonyl (C=O) groups is 1. The Kier molecular flexibility index (Phi) is 5.49. The topological polar surface area (TPSA) is 94.6 Å². The zero-order chi connectivity index (χ0) is 15.4. The van der Waals surface area contributed by atoms with E-state index in [4.69, 9.17) is 4.74 Å². The molecular formula is C11H18N2O5S2. The largest absolute Gasteiger partial charge is 0.444 e. The fraction of sp³-hybridized carbons (Fsp3) is 0.636. The molecule has 1 amide bonds. The fourth-order valence-corrected chi connectivity index (χ4v) is 2.18. The van der Waals surface area contributed by atoms with Crippen molar-refractivity contribution in [2.24, 2.45) is 0 Å². The Morgan fingerprint density at radius 2 is 2.10 bits per heavy atom. The minimum atomic E-state index is -3.48. The van der Waals surface area contributed by atoms with Crippen molar-refractivity contribution in [2.75, 3.05) is 6.26 Å². The molecule has 0 atom stereocenters. The third-order valence-corrected chi connectivity index (χ3v) is 3.25. The lowest BCUT2D eigenvalue weighted by Gasteiger charge is -2.19. The number of nitrogens with one attached hydrogen (secondary N) is 1. The van der Waals surface area contributed by atoms with Crippen LogP contribution in [0, 0.1) is 0 Å². The first-order valence-corrected chi connectivity index (χ1v) is 8.49. The minimum Gasteiger partial charge on any atom is -0.444 e. The summed E-state index contributed by atoms with van der Waals surface area (Å²) < 4.78 is 31.4. The molecule has 0 fully saturated rings. The van der Waals surface area contributed by atoms with Crippen molar-refractivity contribution < 1.29 is 22.1 Å². The predicted molar refractivity (Wildman–Crippen MR) is 74.8 cm³/mol. The number of alkyl carbamates (subject to hydrolysis) is 1. The SMILES string of the molecule is CC(C)(C)OC(=O)NCc1nc(COS(C)(=O)=O)cs1. The van der Waals surface area contributed by atoms with Gasteiger partial charge in [-0.3, -0.25) is 4.18 Å². The quantitative estimate of drug-likeness (QED) is 0.828. The standard InChI is InChI=1S/C11H18N2O5S2/c1-11(2,3)18-10(14)12-5-9-13-8(7-19-9)6-17-20(4,15)16/h7H,5-6H2,1-4H3,(H,12,14). The van der Waals surface area contributed by atoms with Crippen molar-refractivity contribution in [3.63, 3.8) is 0 Å². The summed E-state index contributed by atoms with van der Waals surface area (Å²) >= 11 is 1.30. The highest BCUT2D eigenvalue weighted by atomic mass is 32.2. The van der Waals surface area contributed by atoms with E-state index in [2.05, 4.69) is 14.5 Å². The molecule has 20 heavy (non-hydrogen) atoms. The number of hydrogen-bond acceptors (Lipinski definition) is 7. The molecule has 0 radical (unpaired) electrons. The third-order valence-electron chi connectivity index (χ3n) is 1.80. The highest BCUT2D eigenvalue weighted by Crippen LogP contribution is 2.12. The van der Waals surface area contributed by atoms with Crippen LogP contribution in [-0.4, -0.2) is 31.4 Å². The van der Waals surface area contributed by atoms with Crippen molar-refractivity contribution in [1.29, 1.82) is 0 Å². The van der Waals surface area contributed by atoms with E-state index in [0.29, 0.717) is 10.7 Å². The van der Waals surface area contributed by atoms with Crippen LogP contribution in [-0.2, 0) is 32.2 Å². The molecule has 0 bridgehead atoms. The lowest BCUT2D eigenvalue weighted by atomic mass is 10.2. The fourth-order valence-electron chi connectivity index (χ4n) is 1.13. The Balaban J connectivity index is 2.43. The molecule has 1 rings (SSSR count). The smallest absolute Gasteiger partial charge is 0.408 e. The molecule has 1 aromatic rings. The maximum Gasteiger partial charge on any atom is 0.408 e. The number of thiazole rings is 1. The number of amides is 1. The first-order chi connectivity index (χ1) is 9.05. The van der Waals surface area contributed by atoms with E-state index in [1.807, 2.05) is 0 Å². The van der Waals surface area contributed by atoms with Crippen LogP contribution in [0.4, 0.5) is 4.79 Å². The third kappa shape index (κ3) is 7.41. The van der Waals surface area contributed by atoms with Crippen LogP contribution in [0.15, 0.2) is 5.38 Å². The van der Waals surface area contributed by atoms with Gasteiger partial charge >= 0.3 is 6.09 Å². The summed E-state index contributed by atoms with van der Waals surface area (Å²) in [7, 11) is -3.48. The van der Waals surface area contributed by atoms with Gasteiger partial charge in [0.2, 0.25) is 0 Å². The maximum absolute atomic E-state index is 11.4. The molecule has 0 spiro atoms. The number of ether oxygens (including phenoxy) is 1. The summed E-state index contributed by atoms with van der Waals surface area (Å²) in [6.45, 7) is 5.43. The average Bonchev–Trinajstić information content (AvgIpc) is 2.68. The van der Waals surface area contributed by atoms with Crippen molar-refractivity contribution in [1.82, 2.24) is 10.3 Å². The van der Waals surface area contributed by atoms with Gasteiger partial charge in [-0.2, -0.15) is 8.42 Å². The zero-order valence-electron chi connectivity index (χ0n) is 11.8. The van der Waals surface area contributed by atoms with Gasteiger partial charge in [-0.15, -0.1) is 11.3 Å². The minimum absolute atomic E-state index is 0.109. The van der Waals surface area contributed by atoms with Crippen LogP contribution in [0.1, 0.15) is 31.5 Å². The van der Waals surface area contributed by atoms with Crippen molar-refractivity contribution >= 4 is 27.5 Å². The van der Waals surface area contributed by atoms with E-state index in [1.165, 1.54) is 11.3 Å². The average molecular weight is 322 g/mol. The van der Waals surface area contributed by atoms with Crippen LogP contribution < -0.4 is 5.32 Å². The summed E-state index contributed by atoms with van der Waals surface area (Å²) in [5.41, 5.74) is -0.0528. The number of hydrogen-bond donors (Lipinski definition) is 1. The lowest BCUT2D eigenvalue weighted by Crippen LogP contribution is -2.32. The van der Waals surface area contributed by atoms with Gasteiger partial charge in [0.15, 0.2) is 0 Å². The summed E-state index contributed by atoms with van der Waals surface area (Å²) in [6.07, 6.45) is 0.450. The van der Waals surface area contributed by atoms with Gasteiger partial charge in [0.25, 0.3) is 10.1 Å². The van der Waals surface area contributed by atoms with Gasteiger partial charge < -0.3 is 10.1 Å². The summed E-state index contributed by atoms with van der Waals surface area (Å²) in [5.74, 6) is 0. The monoisotopic (exact) mass is 322 g/mol. The highest BCUT2D eigenvalue weighted by molar-refractivity contribution is 7.85. The zero-order valence-corrected chi connectivity index (χ0v) is 13.4. The molecular weight excluding hydrogens is 304 g/mol. The highest BCUT2D eigenvalue weighted by Gasteiger charge is 2.16. The predicted octanol–water partition coefficient (Wildman–Crippen LogP) is 1.64. The first kappa shape index (κ1) is 16.9. The van der Waals surface area contributed by atoms with Crippen molar-refractivity contribution in [3.8, 4) is 0 Å². The number of nitrogens with zero attached hydrogens (tertiary/aromatic N) is 1. The Morgan fingerprint density at radius 3 is 2.65 bits per heavy atom. The first-order valence-electron chi connectivity index (χ1n) is 5.80. The molecule has 1 aromatic heterocycles. The Morgan fingerprint density at radius 1 is 1.45 bits per heavy atom. The lowest BCUT2D eigenvalue weighted by molar-refractivity contribution is 0.0523. The molecule has 0 aliphatic rings. The van der Waals surface area contributed by atoms with Gasteiger partial charge in [-0.1, -0.05) is 0 Å². The van der Waals surface area contributed by atoms with E-state index in [9.17, 15) is 13.2 Å². The molecule has 0 aromatic carbocycles. The van der Waals surface area contributed by atoms with Crippen molar-refractivity contribution in [2.45, 2.75) is 39.5 Å².